The summed E-state index contributed by atoms with van der Waals surface area (Å²) in [5, 5.41) is 7.93. The number of rotatable bonds is 3. The summed E-state index contributed by atoms with van der Waals surface area (Å²) in [7, 11) is 0. The minimum Gasteiger partial charge on any atom is -0.356 e. The molecule has 0 aliphatic carbocycles. The Balaban J connectivity index is 1.69. The molecule has 0 aromatic carbocycles. The van der Waals surface area contributed by atoms with Crippen molar-refractivity contribution in [2.45, 2.75) is 26.3 Å². The van der Waals surface area contributed by atoms with E-state index in [2.05, 4.69) is 48.3 Å². The Morgan fingerprint density at radius 2 is 2.30 bits per heavy atom. The van der Waals surface area contributed by atoms with E-state index in [1.165, 1.54) is 12.8 Å². The highest BCUT2D eigenvalue weighted by Crippen LogP contribution is 2.25. The van der Waals surface area contributed by atoms with Crippen LogP contribution in [0.15, 0.2) is 29.0 Å². The predicted octanol–water partition coefficient (Wildman–Crippen LogP) is 2.66. The summed E-state index contributed by atoms with van der Waals surface area (Å²) in [6, 6.07) is 4.17. The van der Waals surface area contributed by atoms with Crippen LogP contribution in [-0.2, 0) is 6.54 Å². The van der Waals surface area contributed by atoms with E-state index >= 15 is 0 Å². The maximum atomic E-state index is 4.67. The highest BCUT2D eigenvalue weighted by Gasteiger charge is 2.21. The molecular formula is C14H18BrN5. The zero-order valence-electron chi connectivity index (χ0n) is 11.5. The molecular weight excluding hydrogens is 318 g/mol. The number of hydrogen-bond donors (Lipinski definition) is 0. The van der Waals surface area contributed by atoms with Gasteiger partial charge in [0.2, 0.25) is 0 Å². The van der Waals surface area contributed by atoms with E-state index < -0.39 is 0 Å². The van der Waals surface area contributed by atoms with Crippen LogP contribution in [0.4, 0.5) is 5.82 Å². The third-order valence-electron chi connectivity index (χ3n) is 3.77. The molecule has 3 rings (SSSR count). The van der Waals surface area contributed by atoms with Gasteiger partial charge in [0.05, 0.1) is 11.9 Å². The minimum atomic E-state index is 0.608. The van der Waals surface area contributed by atoms with Crippen LogP contribution in [0, 0.1) is 12.8 Å². The van der Waals surface area contributed by atoms with Gasteiger partial charge in [-0.25, -0.2) is 4.98 Å². The standard InChI is InChI=1S/C14H18BrN5/c1-11-13(15)4-5-14(17-11)19-7-2-3-12(9-19)10-20-8-6-16-18-20/h4-6,8,12H,2-3,7,9-10H2,1H3. The quantitative estimate of drug-likeness (QED) is 0.865. The first-order valence-corrected chi connectivity index (χ1v) is 7.74. The molecule has 0 bridgehead atoms. The van der Waals surface area contributed by atoms with Gasteiger partial charge in [0, 0.05) is 30.3 Å². The lowest BCUT2D eigenvalue weighted by Gasteiger charge is -2.33. The molecule has 20 heavy (non-hydrogen) atoms. The number of nitrogens with zero attached hydrogens (tertiary/aromatic N) is 5. The van der Waals surface area contributed by atoms with Crippen molar-refractivity contribution in [2.75, 3.05) is 18.0 Å². The van der Waals surface area contributed by atoms with Gasteiger partial charge in [-0.3, -0.25) is 4.68 Å². The molecule has 1 fully saturated rings. The van der Waals surface area contributed by atoms with Gasteiger partial charge in [-0.1, -0.05) is 5.21 Å². The number of pyridine rings is 1. The van der Waals surface area contributed by atoms with E-state index in [0.29, 0.717) is 5.92 Å². The number of aromatic nitrogens is 4. The van der Waals surface area contributed by atoms with E-state index in [0.717, 1.165) is 35.6 Å². The molecule has 0 N–H and O–H groups in total. The van der Waals surface area contributed by atoms with Gasteiger partial charge in [0.15, 0.2) is 0 Å². The molecule has 1 aliphatic rings. The van der Waals surface area contributed by atoms with Gasteiger partial charge >= 0.3 is 0 Å². The normalized spacial score (nSPS) is 19.3. The maximum absolute atomic E-state index is 4.67. The van der Waals surface area contributed by atoms with Crippen LogP contribution in [0.5, 0.6) is 0 Å². The Hall–Kier alpha value is -1.43. The molecule has 6 heteroatoms. The second-order valence-corrected chi connectivity index (χ2v) is 6.17. The van der Waals surface area contributed by atoms with Crippen molar-refractivity contribution < 1.29 is 0 Å². The van der Waals surface area contributed by atoms with Gasteiger partial charge in [0.1, 0.15) is 5.82 Å². The van der Waals surface area contributed by atoms with Crippen molar-refractivity contribution in [2.24, 2.45) is 5.92 Å². The summed E-state index contributed by atoms with van der Waals surface area (Å²) in [4.78, 5) is 7.05. The fourth-order valence-electron chi connectivity index (χ4n) is 2.72. The molecule has 2 aromatic rings. The van der Waals surface area contributed by atoms with Gasteiger partial charge < -0.3 is 4.90 Å². The second-order valence-electron chi connectivity index (χ2n) is 5.32. The molecule has 0 amide bonds. The van der Waals surface area contributed by atoms with Crippen LogP contribution < -0.4 is 4.90 Å². The molecule has 1 aliphatic heterocycles. The van der Waals surface area contributed by atoms with E-state index in [-0.39, 0.29) is 0 Å². The lowest BCUT2D eigenvalue weighted by atomic mass is 9.98. The maximum Gasteiger partial charge on any atom is 0.128 e. The first-order chi connectivity index (χ1) is 9.72. The van der Waals surface area contributed by atoms with Crippen molar-refractivity contribution in [1.82, 2.24) is 20.0 Å². The van der Waals surface area contributed by atoms with Crippen LogP contribution in [0.1, 0.15) is 18.5 Å². The average molecular weight is 336 g/mol. The van der Waals surface area contributed by atoms with Crippen LogP contribution in [0.25, 0.3) is 0 Å². The Kier molecular flexibility index (Phi) is 4.00. The lowest BCUT2D eigenvalue weighted by molar-refractivity contribution is 0.347. The summed E-state index contributed by atoms with van der Waals surface area (Å²) >= 11 is 3.51. The van der Waals surface area contributed by atoms with E-state index in [1.54, 1.807) is 6.20 Å². The van der Waals surface area contributed by atoms with E-state index in [1.807, 2.05) is 17.8 Å². The first kappa shape index (κ1) is 13.5. The third-order valence-corrected chi connectivity index (χ3v) is 4.60. The largest absolute Gasteiger partial charge is 0.356 e. The summed E-state index contributed by atoms with van der Waals surface area (Å²) in [6.45, 7) is 5.09. The van der Waals surface area contributed by atoms with Gasteiger partial charge in [-0.2, -0.15) is 0 Å². The monoisotopic (exact) mass is 335 g/mol. The SMILES string of the molecule is Cc1nc(N2CCCC(Cn3ccnn3)C2)ccc1Br. The minimum absolute atomic E-state index is 0.608. The Bertz CT molecular complexity index is 569. The number of piperidine rings is 1. The van der Waals surface area contributed by atoms with E-state index in [9.17, 15) is 0 Å². The smallest absolute Gasteiger partial charge is 0.128 e. The highest BCUT2D eigenvalue weighted by atomic mass is 79.9. The van der Waals surface area contributed by atoms with Gasteiger partial charge in [-0.05, 0) is 53.7 Å². The molecule has 0 radical (unpaired) electrons. The molecule has 0 spiro atoms. The summed E-state index contributed by atoms with van der Waals surface area (Å²) in [5.74, 6) is 1.69. The van der Waals surface area contributed by atoms with Crippen LogP contribution in [0.3, 0.4) is 0 Å². The predicted molar refractivity (Wildman–Crippen MR) is 81.6 cm³/mol. The first-order valence-electron chi connectivity index (χ1n) is 6.94. The summed E-state index contributed by atoms with van der Waals surface area (Å²) in [5.41, 5.74) is 1.04. The zero-order chi connectivity index (χ0) is 13.9. The third kappa shape index (κ3) is 3.00. The zero-order valence-corrected chi connectivity index (χ0v) is 13.1. The topological polar surface area (TPSA) is 46.8 Å². The van der Waals surface area contributed by atoms with E-state index in [4.69, 9.17) is 0 Å². The molecule has 1 unspecified atom stereocenters. The van der Waals surface area contributed by atoms with Crippen molar-refractivity contribution >= 4 is 21.7 Å². The summed E-state index contributed by atoms with van der Waals surface area (Å²) in [6.07, 6.45) is 6.11. The number of halogens is 1. The van der Waals surface area contributed by atoms with Crippen molar-refractivity contribution in [3.63, 3.8) is 0 Å². The molecule has 1 atom stereocenters. The fourth-order valence-corrected chi connectivity index (χ4v) is 2.94. The lowest BCUT2D eigenvalue weighted by Crippen LogP contribution is -2.37. The molecule has 3 heterocycles. The van der Waals surface area contributed by atoms with Crippen molar-refractivity contribution in [3.05, 3.63) is 34.7 Å². The number of anilines is 1. The number of hydrogen-bond acceptors (Lipinski definition) is 4. The van der Waals surface area contributed by atoms with Crippen molar-refractivity contribution in [1.29, 1.82) is 0 Å². The Morgan fingerprint density at radius 3 is 3.05 bits per heavy atom. The number of aryl methyl sites for hydroxylation is 1. The molecule has 1 saturated heterocycles. The summed E-state index contributed by atoms with van der Waals surface area (Å²) < 4.78 is 2.99. The van der Waals surface area contributed by atoms with Crippen LogP contribution >= 0.6 is 15.9 Å². The molecule has 106 valence electrons. The molecule has 2 aromatic heterocycles. The highest BCUT2D eigenvalue weighted by molar-refractivity contribution is 9.10. The molecule has 5 nitrogen and oxygen atoms in total. The van der Waals surface area contributed by atoms with Crippen LogP contribution in [0.2, 0.25) is 0 Å². The average Bonchev–Trinajstić information content (AvgIpc) is 2.95. The van der Waals surface area contributed by atoms with Crippen LogP contribution in [-0.4, -0.2) is 33.1 Å². The second kappa shape index (κ2) is 5.91. The fraction of sp³-hybridized carbons (Fsp3) is 0.500. The Morgan fingerprint density at radius 1 is 1.40 bits per heavy atom. The Labute approximate surface area is 127 Å². The van der Waals surface area contributed by atoms with Crippen molar-refractivity contribution in [3.8, 4) is 0 Å². The molecule has 0 saturated carbocycles. The van der Waals surface area contributed by atoms with Gasteiger partial charge in [0.25, 0.3) is 0 Å². The van der Waals surface area contributed by atoms with Gasteiger partial charge in [-0.15, -0.1) is 5.10 Å².